The van der Waals surface area contributed by atoms with Crippen LogP contribution < -0.4 is 0 Å². The summed E-state index contributed by atoms with van der Waals surface area (Å²) in [6, 6.07) is 9.95. The molecule has 0 atom stereocenters. The average Bonchev–Trinajstić information content (AvgIpc) is 2.35. The Morgan fingerprint density at radius 2 is 2.06 bits per heavy atom. The highest BCUT2D eigenvalue weighted by molar-refractivity contribution is 7.99. The molecule has 1 N–H and O–H groups in total. The van der Waals surface area contributed by atoms with Crippen LogP contribution in [0, 0.1) is 0 Å². The van der Waals surface area contributed by atoms with E-state index in [0.717, 1.165) is 17.7 Å². The summed E-state index contributed by atoms with van der Waals surface area (Å²) in [5.74, 6) is 1.46. The fraction of sp³-hybridized carbons (Fsp3) is 0.462. The Bertz CT molecular complexity index is 329. The van der Waals surface area contributed by atoms with Crippen LogP contribution in [-0.2, 0) is 11.3 Å². The molecule has 1 rings (SSSR count). The van der Waals surface area contributed by atoms with Crippen LogP contribution in [-0.4, -0.2) is 41.1 Å². The number of thioether (sulfide) groups is 1. The summed E-state index contributed by atoms with van der Waals surface area (Å²) in [5.41, 5.74) is 1.14. The van der Waals surface area contributed by atoms with Crippen molar-refractivity contribution in [3.8, 4) is 0 Å². The molecule has 0 aliphatic rings. The Balaban J connectivity index is 2.27. The van der Waals surface area contributed by atoms with Crippen molar-refractivity contribution in [3.63, 3.8) is 0 Å². The molecule has 1 aromatic rings. The molecule has 0 saturated carbocycles. The first-order valence-corrected chi connectivity index (χ1v) is 6.86. The number of aliphatic hydroxyl groups excluding tert-OH is 1. The van der Waals surface area contributed by atoms with E-state index in [9.17, 15) is 4.79 Å². The van der Waals surface area contributed by atoms with Crippen LogP contribution in [0.25, 0.3) is 0 Å². The van der Waals surface area contributed by atoms with E-state index < -0.39 is 0 Å². The molecule has 0 aliphatic heterocycles. The first-order valence-electron chi connectivity index (χ1n) is 5.70. The number of aliphatic hydroxyl groups is 1. The van der Waals surface area contributed by atoms with Gasteiger partial charge >= 0.3 is 0 Å². The Morgan fingerprint density at radius 3 is 2.71 bits per heavy atom. The molecular formula is C13H19NO2S. The van der Waals surface area contributed by atoms with Crippen molar-refractivity contribution >= 4 is 17.7 Å². The molecule has 17 heavy (non-hydrogen) atoms. The average molecular weight is 253 g/mol. The van der Waals surface area contributed by atoms with E-state index in [0.29, 0.717) is 12.3 Å². The first-order chi connectivity index (χ1) is 8.24. The van der Waals surface area contributed by atoms with Gasteiger partial charge in [-0.3, -0.25) is 4.79 Å². The first kappa shape index (κ1) is 14.1. The second kappa shape index (κ2) is 8.14. The minimum absolute atomic E-state index is 0.136. The molecule has 4 heteroatoms. The summed E-state index contributed by atoms with van der Waals surface area (Å²) in [7, 11) is 1.82. The third kappa shape index (κ3) is 5.75. The van der Waals surface area contributed by atoms with Gasteiger partial charge in [0.1, 0.15) is 0 Å². The highest BCUT2D eigenvalue weighted by Gasteiger charge is 2.08. The number of carbonyl (C=O) groups excluding carboxylic acids is 1. The van der Waals surface area contributed by atoms with E-state index in [1.165, 1.54) is 0 Å². The van der Waals surface area contributed by atoms with Crippen molar-refractivity contribution in [3.05, 3.63) is 35.9 Å². The highest BCUT2D eigenvalue weighted by Crippen LogP contribution is 2.07. The van der Waals surface area contributed by atoms with Gasteiger partial charge in [0.2, 0.25) is 5.91 Å². The Labute approximate surface area is 107 Å². The lowest BCUT2D eigenvalue weighted by Gasteiger charge is -2.17. The van der Waals surface area contributed by atoms with Crippen LogP contribution in [0.15, 0.2) is 30.3 Å². The van der Waals surface area contributed by atoms with Crippen LogP contribution >= 0.6 is 11.8 Å². The van der Waals surface area contributed by atoms with Gasteiger partial charge in [0.05, 0.1) is 5.75 Å². The number of carbonyl (C=O) groups is 1. The quantitative estimate of drug-likeness (QED) is 0.753. The predicted molar refractivity (Wildman–Crippen MR) is 71.9 cm³/mol. The van der Waals surface area contributed by atoms with Crippen molar-refractivity contribution in [2.75, 3.05) is 25.2 Å². The van der Waals surface area contributed by atoms with Gasteiger partial charge in [-0.2, -0.15) is 11.8 Å². The highest BCUT2D eigenvalue weighted by atomic mass is 32.2. The number of benzene rings is 1. The van der Waals surface area contributed by atoms with Gasteiger partial charge in [0, 0.05) is 20.2 Å². The minimum atomic E-state index is 0.136. The standard InChI is InChI=1S/C13H19NO2S/c1-14(10-12-6-3-2-4-7-12)13(16)11-17-9-5-8-15/h2-4,6-7,15H,5,8-11H2,1H3. The molecule has 1 aromatic carbocycles. The SMILES string of the molecule is CN(Cc1ccccc1)C(=O)CSCCCO. The number of nitrogens with zero attached hydrogens (tertiary/aromatic N) is 1. The van der Waals surface area contributed by atoms with E-state index >= 15 is 0 Å². The maximum Gasteiger partial charge on any atom is 0.232 e. The molecule has 94 valence electrons. The van der Waals surface area contributed by atoms with Crippen LogP contribution in [0.4, 0.5) is 0 Å². The monoisotopic (exact) mass is 253 g/mol. The summed E-state index contributed by atoms with van der Waals surface area (Å²) in [4.78, 5) is 13.5. The Morgan fingerprint density at radius 1 is 1.35 bits per heavy atom. The molecule has 0 unspecified atom stereocenters. The number of rotatable bonds is 7. The van der Waals surface area contributed by atoms with Crippen molar-refractivity contribution < 1.29 is 9.90 Å². The molecule has 0 radical (unpaired) electrons. The lowest BCUT2D eigenvalue weighted by Crippen LogP contribution is -2.27. The zero-order valence-corrected chi connectivity index (χ0v) is 10.9. The summed E-state index contributed by atoms with van der Waals surface area (Å²) in [6.07, 6.45) is 0.750. The van der Waals surface area contributed by atoms with Crippen LogP contribution in [0.3, 0.4) is 0 Å². The molecule has 0 bridgehead atoms. The Hall–Kier alpha value is -1.00. The van der Waals surface area contributed by atoms with Gasteiger partial charge in [0.25, 0.3) is 0 Å². The topological polar surface area (TPSA) is 40.5 Å². The fourth-order valence-corrected chi connectivity index (χ4v) is 2.25. The zero-order valence-electron chi connectivity index (χ0n) is 10.1. The number of hydrogen-bond acceptors (Lipinski definition) is 3. The van der Waals surface area contributed by atoms with Gasteiger partial charge in [-0.15, -0.1) is 0 Å². The second-order valence-corrected chi connectivity index (χ2v) is 4.97. The van der Waals surface area contributed by atoms with Gasteiger partial charge < -0.3 is 10.0 Å². The molecule has 0 spiro atoms. The van der Waals surface area contributed by atoms with Crippen molar-refractivity contribution in [1.29, 1.82) is 0 Å². The van der Waals surface area contributed by atoms with Crippen molar-refractivity contribution in [1.82, 2.24) is 4.90 Å². The largest absolute Gasteiger partial charge is 0.396 e. The van der Waals surface area contributed by atoms with Crippen LogP contribution in [0.5, 0.6) is 0 Å². The molecular weight excluding hydrogens is 234 g/mol. The molecule has 0 saturated heterocycles. The van der Waals surface area contributed by atoms with Crippen molar-refractivity contribution in [2.24, 2.45) is 0 Å². The molecule has 1 amide bonds. The smallest absolute Gasteiger partial charge is 0.232 e. The van der Waals surface area contributed by atoms with Gasteiger partial charge in [-0.1, -0.05) is 30.3 Å². The maximum absolute atomic E-state index is 11.8. The lowest BCUT2D eigenvalue weighted by molar-refractivity contribution is -0.127. The van der Waals surface area contributed by atoms with E-state index in [-0.39, 0.29) is 12.5 Å². The maximum atomic E-state index is 11.8. The summed E-state index contributed by atoms with van der Waals surface area (Å²) >= 11 is 1.57. The molecule has 0 aliphatic carbocycles. The summed E-state index contributed by atoms with van der Waals surface area (Å²) in [5, 5.41) is 8.63. The third-order valence-electron chi connectivity index (χ3n) is 2.36. The second-order valence-electron chi connectivity index (χ2n) is 3.87. The molecule has 0 aromatic heterocycles. The fourth-order valence-electron chi connectivity index (χ4n) is 1.38. The van der Waals surface area contributed by atoms with Gasteiger partial charge in [-0.05, 0) is 17.7 Å². The molecule has 0 heterocycles. The van der Waals surface area contributed by atoms with E-state index in [4.69, 9.17) is 5.11 Å². The van der Waals surface area contributed by atoms with E-state index in [1.54, 1.807) is 16.7 Å². The third-order valence-corrected chi connectivity index (χ3v) is 3.39. The number of hydrogen-bond donors (Lipinski definition) is 1. The predicted octanol–water partition coefficient (Wildman–Crippen LogP) is 1.76. The van der Waals surface area contributed by atoms with Crippen molar-refractivity contribution in [2.45, 2.75) is 13.0 Å². The normalized spacial score (nSPS) is 10.2. The van der Waals surface area contributed by atoms with Crippen LogP contribution in [0.2, 0.25) is 0 Å². The van der Waals surface area contributed by atoms with E-state index in [2.05, 4.69) is 0 Å². The summed E-state index contributed by atoms with van der Waals surface area (Å²) in [6.45, 7) is 0.848. The minimum Gasteiger partial charge on any atom is -0.396 e. The lowest BCUT2D eigenvalue weighted by atomic mass is 10.2. The van der Waals surface area contributed by atoms with E-state index in [1.807, 2.05) is 37.4 Å². The van der Waals surface area contributed by atoms with Gasteiger partial charge in [-0.25, -0.2) is 0 Å². The number of amides is 1. The van der Waals surface area contributed by atoms with Gasteiger partial charge in [0.15, 0.2) is 0 Å². The summed E-state index contributed by atoms with van der Waals surface area (Å²) < 4.78 is 0. The molecule has 0 fully saturated rings. The zero-order chi connectivity index (χ0) is 12.5. The molecule has 3 nitrogen and oxygen atoms in total. The van der Waals surface area contributed by atoms with Crippen LogP contribution in [0.1, 0.15) is 12.0 Å². The Kier molecular flexibility index (Phi) is 6.74.